The molecule has 0 aliphatic carbocycles. The van der Waals surface area contributed by atoms with Crippen LogP contribution >= 0.6 is 0 Å². The van der Waals surface area contributed by atoms with E-state index in [9.17, 15) is 4.79 Å². The first-order valence-electron chi connectivity index (χ1n) is 3.77. The third kappa shape index (κ3) is 2.72. The van der Waals surface area contributed by atoms with Gasteiger partial charge in [0.1, 0.15) is 0 Å². The van der Waals surface area contributed by atoms with E-state index >= 15 is 0 Å². The number of carboxylic acid groups (broad SMARTS) is 1. The van der Waals surface area contributed by atoms with Gasteiger partial charge in [0.25, 0.3) is 0 Å². The molecule has 5 N–H and O–H groups in total. The van der Waals surface area contributed by atoms with E-state index in [1.807, 2.05) is 0 Å². The molecule has 0 bridgehead atoms. The van der Waals surface area contributed by atoms with Crippen molar-refractivity contribution >= 4 is 11.7 Å². The number of pyridine rings is 1. The number of nitrogen functional groups attached to an aromatic ring is 1. The number of aromatic nitrogens is 1. The third-order valence-electron chi connectivity index (χ3n) is 1.60. The molecule has 13 heavy (non-hydrogen) atoms. The van der Waals surface area contributed by atoms with E-state index in [-0.39, 0.29) is 6.42 Å². The van der Waals surface area contributed by atoms with Gasteiger partial charge < -0.3 is 16.6 Å². The number of nitrogens with zero attached hydrogens (tertiary/aromatic N) is 1. The van der Waals surface area contributed by atoms with Crippen LogP contribution in [0, 0.1) is 0 Å². The maximum atomic E-state index is 10.3. The lowest BCUT2D eigenvalue weighted by atomic mass is 10.1. The minimum atomic E-state index is -0.935. The lowest BCUT2D eigenvalue weighted by Gasteiger charge is -2.08. The van der Waals surface area contributed by atoms with E-state index in [1.165, 1.54) is 12.4 Å². The van der Waals surface area contributed by atoms with E-state index in [4.69, 9.17) is 16.6 Å². The van der Waals surface area contributed by atoms with Gasteiger partial charge in [-0.05, 0) is 11.6 Å². The summed E-state index contributed by atoms with van der Waals surface area (Å²) in [5.41, 5.74) is 12.2. The molecule has 5 nitrogen and oxygen atoms in total. The zero-order valence-electron chi connectivity index (χ0n) is 6.97. The van der Waals surface area contributed by atoms with Crippen LogP contribution in [-0.4, -0.2) is 16.1 Å². The van der Waals surface area contributed by atoms with Gasteiger partial charge in [-0.15, -0.1) is 0 Å². The predicted molar refractivity (Wildman–Crippen MR) is 47.8 cm³/mol. The highest BCUT2D eigenvalue weighted by atomic mass is 16.4. The van der Waals surface area contributed by atoms with Crippen LogP contribution in [0.5, 0.6) is 0 Å². The van der Waals surface area contributed by atoms with Crippen LogP contribution < -0.4 is 11.5 Å². The van der Waals surface area contributed by atoms with Gasteiger partial charge in [0.2, 0.25) is 0 Å². The Labute approximate surface area is 75.4 Å². The molecule has 0 unspecified atom stereocenters. The van der Waals surface area contributed by atoms with Gasteiger partial charge >= 0.3 is 5.97 Å². The maximum absolute atomic E-state index is 10.3. The number of hydrogen-bond donors (Lipinski definition) is 3. The van der Waals surface area contributed by atoms with Gasteiger partial charge in [-0.25, -0.2) is 0 Å². The molecular formula is C8H11N3O2. The highest BCUT2D eigenvalue weighted by molar-refractivity contribution is 5.67. The largest absolute Gasteiger partial charge is 0.481 e. The lowest BCUT2D eigenvalue weighted by Crippen LogP contribution is -2.15. The summed E-state index contributed by atoms with van der Waals surface area (Å²) in [7, 11) is 0. The average Bonchev–Trinajstić information content (AvgIpc) is 2.03. The Morgan fingerprint density at radius 2 is 2.31 bits per heavy atom. The van der Waals surface area contributed by atoms with Crippen molar-refractivity contribution in [2.75, 3.05) is 5.73 Å². The van der Waals surface area contributed by atoms with Crippen LogP contribution in [0.3, 0.4) is 0 Å². The molecule has 0 amide bonds. The predicted octanol–water partition coefficient (Wildman–Crippen LogP) is 0.138. The molecule has 0 aliphatic rings. The molecule has 1 aromatic heterocycles. The lowest BCUT2D eigenvalue weighted by molar-refractivity contribution is -0.137. The summed E-state index contributed by atoms with van der Waals surface area (Å²) >= 11 is 0. The molecular weight excluding hydrogens is 170 g/mol. The highest BCUT2D eigenvalue weighted by Crippen LogP contribution is 2.14. The molecule has 5 heteroatoms. The summed E-state index contributed by atoms with van der Waals surface area (Å²) in [5.74, 6) is -0.935. The monoisotopic (exact) mass is 181 g/mol. The van der Waals surface area contributed by atoms with Gasteiger partial charge in [0.15, 0.2) is 0 Å². The van der Waals surface area contributed by atoms with Crippen LogP contribution in [0.25, 0.3) is 0 Å². The summed E-state index contributed by atoms with van der Waals surface area (Å²) in [5, 5.41) is 8.48. The number of hydrogen-bond acceptors (Lipinski definition) is 4. The molecule has 1 atom stereocenters. The fourth-order valence-electron chi connectivity index (χ4n) is 0.985. The van der Waals surface area contributed by atoms with Gasteiger partial charge in [0, 0.05) is 18.4 Å². The van der Waals surface area contributed by atoms with E-state index in [2.05, 4.69) is 4.98 Å². The van der Waals surface area contributed by atoms with Crippen molar-refractivity contribution < 1.29 is 9.90 Å². The first-order valence-corrected chi connectivity index (χ1v) is 3.77. The number of nitrogens with two attached hydrogens (primary N) is 2. The van der Waals surface area contributed by atoms with E-state index in [1.54, 1.807) is 6.07 Å². The molecule has 0 aliphatic heterocycles. The van der Waals surface area contributed by atoms with Gasteiger partial charge in [0.05, 0.1) is 12.1 Å². The molecule has 1 aromatic rings. The van der Waals surface area contributed by atoms with Crippen LogP contribution in [-0.2, 0) is 4.79 Å². The summed E-state index contributed by atoms with van der Waals surface area (Å²) in [6, 6.07) is 1.08. The summed E-state index contributed by atoms with van der Waals surface area (Å²) in [6.07, 6.45) is 2.88. The second-order valence-corrected chi connectivity index (χ2v) is 2.76. The zero-order valence-corrected chi connectivity index (χ0v) is 6.97. The summed E-state index contributed by atoms with van der Waals surface area (Å²) in [4.78, 5) is 14.2. The van der Waals surface area contributed by atoms with E-state index in [0.717, 1.165) is 0 Å². The first kappa shape index (κ1) is 9.47. The third-order valence-corrected chi connectivity index (χ3v) is 1.60. The molecule has 70 valence electrons. The quantitative estimate of drug-likeness (QED) is 0.615. The molecule has 1 rings (SSSR count). The van der Waals surface area contributed by atoms with E-state index in [0.29, 0.717) is 11.3 Å². The minimum absolute atomic E-state index is 0.120. The number of rotatable bonds is 3. The fraction of sp³-hybridized carbons (Fsp3) is 0.250. The van der Waals surface area contributed by atoms with Gasteiger partial charge in [-0.3, -0.25) is 9.78 Å². The Bertz CT molecular complexity index is 314. The second kappa shape index (κ2) is 3.86. The zero-order chi connectivity index (χ0) is 9.84. The summed E-state index contributed by atoms with van der Waals surface area (Å²) < 4.78 is 0. The molecule has 0 fully saturated rings. The molecule has 0 radical (unpaired) electrons. The SMILES string of the molecule is Nc1cncc([C@@H](N)CC(=O)O)c1. The van der Waals surface area contributed by atoms with Crippen molar-refractivity contribution in [1.29, 1.82) is 0 Å². The second-order valence-electron chi connectivity index (χ2n) is 2.76. The van der Waals surface area contributed by atoms with Crippen LogP contribution in [0.2, 0.25) is 0 Å². The Balaban J connectivity index is 2.76. The molecule has 0 aromatic carbocycles. The molecule has 0 spiro atoms. The topological polar surface area (TPSA) is 102 Å². The smallest absolute Gasteiger partial charge is 0.305 e. The number of carbonyl (C=O) groups is 1. The van der Waals surface area contributed by atoms with Crippen molar-refractivity contribution in [3.8, 4) is 0 Å². The number of anilines is 1. The maximum Gasteiger partial charge on any atom is 0.305 e. The van der Waals surface area contributed by atoms with Gasteiger partial charge in [-0.1, -0.05) is 0 Å². The highest BCUT2D eigenvalue weighted by Gasteiger charge is 2.10. The average molecular weight is 181 g/mol. The van der Waals surface area contributed by atoms with Crippen molar-refractivity contribution in [2.45, 2.75) is 12.5 Å². The first-order chi connectivity index (χ1) is 6.09. The normalized spacial score (nSPS) is 12.4. The Morgan fingerprint density at radius 3 is 2.85 bits per heavy atom. The van der Waals surface area contributed by atoms with Crippen molar-refractivity contribution in [1.82, 2.24) is 4.98 Å². The molecule has 1 heterocycles. The van der Waals surface area contributed by atoms with Crippen molar-refractivity contribution in [2.24, 2.45) is 5.73 Å². The Morgan fingerprint density at radius 1 is 1.62 bits per heavy atom. The summed E-state index contributed by atoms with van der Waals surface area (Å²) in [6.45, 7) is 0. The minimum Gasteiger partial charge on any atom is -0.481 e. The Hall–Kier alpha value is -1.62. The van der Waals surface area contributed by atoms with E-state index < -0.39 is 12.0 Å². The van der Waals surface area contributed by atoms with Gasteiger partial charge in [-0.2, -0.15) is 0 Å². The fourth-order valence-corrected chi connectivity index (χ4v) is 0.985. The molecule has 0 saturated heterocycles. The van der Waals surface area contributed by atoms with Crippen molar-refractivity contribution in [3.63, 3.8) is 0 Å². The van der Waals surface area contributed by atoms with Crippen molar-refractivity contribution in [3.05, 3.63) is 24.0 Å². The standard InChI is InChI=1S/C8H11N3O2/c9-6-1-5(3-11-4-6)7(10)2-8(12)13/h1,3-4,7H,2,9-10H2,(H,12,13)/t7-/m0/s1. The Kier molecular flexibility index (Phi) is 2.81. The number of aliphatic carboxylic acids is 1. The molecule has 0 saturated carbocycles. The van der Waals surface area contributed by atoms with Crippen LogP contribution in [0.15, 0.2) is 18.5 Å². The number of carboxylic acids is 1. The van der Waals surface area contributed by atoms with Crippen LogP contribution in [0.1, 0.15) is 18.0 Å². The van der Waals surface area contributed by atoms with Crippen LogP contribution in [0.4, 0.5) is 5.69 Å².